The van der Waals surface area contributed by atoms with Gasteiger partial charge in [0.15, 0.2) is 0 Å². The van der Waals surface area contributed by atoms with E-state index in [-0.39, 0.29) is 6.54 Å². The number of rotatable bonds is 3. The zero-order chi connectivity index (χ0) is 11.7. The lowest BCUT2D eigenvalue weighted by Gasteiger charge is -1.96. The first-order chi connectivity index (χ1) is 7.13. The third-order valence-electron chi connectivity index (χ3n) is 1.43. The molecular formula is C10H13NO4. The Hall–Kier alpha value is -1.88. The van der Waals surface area contributed by atoms with Gasteiger partial charge in [0.05, 0.1) is 13.7 Å². The van der Waals surface area contributed by atoms with Crippen LogP contribution in [-0.4, -0.2) is 31.0 Å². The standard InChI is InChI=1S/C8H8O2.C2H5NO2/c1-10-8-4-2-7(6-9)3-5-8;3-1-2(4)5/h2-6H,1H3;1,3H2,(H,4,5). The van der Waals surface area contributed by atoms with Crippen LogP contribution >= 0.6 is 0 Å². The molecule has 0 amide bonds. The summed E-state index contributed by atoms with van der Waals surface area (Å²) in [6, 6.07) is 6.94. The molecule has 1 aromatic carbocycles. The smallest absolute Gasteiger partial charge is 0.317 e. The molecule has 0 spiro atoms. The second-order valence-electron chi connectivity index (χ2n) is 2.49. The van der Waals surface area contributed by atoms with Gasteiger partial charge >= 0.3 is 5.97 Å². The second kappa shape index (κ2) is 7.52. The van der Waals surface area contributed by atoms with Gasteiger partial charge in [0.2, 0.25) is 0 Å². The minimum Gasteiger partial charge on any atom is -0.497 e. The molecule has 0 fully saturated rings. The lowest BCUT2D eigenvalue weighted by atomic mass is 10.2. The van der Waals surface area contributed by atoms with Gasteiger partial charge in [-0.25, -0.2) is 0 Å². The van der Waals surface area contributed by atoms with Crippen LogP contribution in [0.4, 0.5) is 0 Å². The number of carbonyl (C=O) groups excluding carboxylic acids is 1. The van der Waals surface area contributed by atoms with E-state index in [0.29, 0.717) is 5.56 Å². The number of hydrogen-bond donors (Lipinski definition) is 2. The predicted molar refractivity (Wildman–Crippen MR) is 55.1 cm³/mol. The fraction of sp³-hybridized carbons (Fsp3) is 0.200. The monoisotopic (exact) mass is 211 g/mol. The molecule has 5 nitrogen and oxygen atoms in total. The molecule has 3 N–H and O–H groups in total. The molecule has 5 heteroatoms. The van der Waals surface area contributed by atoms with Crippen molar-refractivity contribution in [3.05, 3.63) is 29.8 Å². The van der Waals surface area contributed by atoms with Crippen LogP contribution in [0.15, 0.2) is 24.3 Å². The number of carbonyl (C=O) groups is 2. The van der Waals surface area contributed by atoms with E-state index in [2.05, 4.69) is 5.73 Å². The zero-order valence-electron chi connectivity index (χ0n) is 8.34. The number of ether oxygens (including phenoxy) is 1. The fourth-order valence-electron chi connectivity index (χ4n) is 0.682. The molecule has 82 valence electrons. The zero-order valence-corrected chi connectivity index (χ0v) is 8.34. The molecule has 0 saturated carbocycles. The van der Waals surface area contributed by atoms with Gasteiger partial charge in [-0.15, -0.1) is 0 Å². The fourth-order valence-corrected chi connectivity index (χ4v) is 0.682. The lowest BCUT2D eigenvalue weighted by Crippen LogP contribution is -2.10. The highest BCUT2D eigenvalue weighted by Crippen LogP contribution is 2.09. The molecule has 0 unspecified atom stereocenters. The van der Waals surface area contributed by atoms with Crippen LogP contribution in [0.2, 0.25) is 0 Å². The summed E-state index contributed by atoms with van der Waals surface area (Å²) >= 11 is 0. The lowest BCUT2D eigenvalue weighted by molar-refractivity contribution is -0.135. The minimum absolute atomic E-state index is 0.278. The van der Waals surface area contributed by atoms with Crippen LogP contribution < -0.4 is 10.5 Å². The number of hydrogen-bond acceptors (Lipinski definition) is 4. The Morgan fingerprint density at radius 3 is 2.20 bits per heavy atom. The first-order valence-corrected chi connectivity index (χ1v) is 4.15. The van der Waals surface area contributed by atoms with Gasteiger partial charge in [0.25, 0.3) is 0 Å². The second-order valence-corrected chi connectivity index (χ2v) is 2.49. The number of nitrogens with two attached hydrogens (primary N) is 1. The topological polar surface area (TPSA) is 89.6 Å². The SMILES string of the molecule is COc1ccc(C=O)cc1.NCC(=O)O. The van der Waals surface area contributed by atoms with Crippen molar-refractivity contribution in [1.82, 2.24) is 0 Å². The van der Waals surface area contributed by atoms with E-state index in [0.717, 1.165) is 12.0 Å². The van der Waals surface area contributed by atoms with Crippen molar-refractivity contribution in [2.75, 3.05) is 13.7 Å². The summed E-state index contributed by atoms with van der Waals surface area (Å²) < 4.78 is 4.90. The highest BCUT2D eigenvalue weighted by Gasteiger charge is 1.89. The molecule has 0 saturated heterocycles. The number of methoxy groups -OCH3 is 1. The van der Waals surface area contributed by atoms with Crippen LogP contribution in [-0.2, 0) is 4.79 Å². The third-order valence-corrected chi connectivity index (χ3v) is 1.43. The van der Waals surface area contributed by atoms with Gasteiger partial charge in [0, 0.05) is 5.56 Å². The molecule has 0 aliphatic rings. The van der Waals surface area contributed by atoms with E-state index >= 15 is 0 Å². The number of carboxylic acids is 1. The van der Waals surface area contributed by atoms with Crippen LogP contribution in [0.3, 0.4) is 0 Å². The van der Waals surface area contributed by atoms with E-state index in [1.807, 2.05) is 0 Å². The van der Waals surface area contributed by atoms with Crippen LogP contribution in [0.25, 0.3) is 0 Å². The summed E-state index contributed by atoms with van der Waals surface area (Å²) in [6.45, 7) is -0.278. The van der Waals surface area contributed by atoms with E-state index in [9.17, 15) is 9.59 Å². The van der Waals surface area contributed by atoms with Crippen LogP contribution in [0.5, 0.6) is 5.75 Å². The summed E-state index contributed by atoms with van der Waals surface area (Å²) in [5.41, 5.74) is 5.24. The van der Waals surface area contributed by atoms with Crippen molar-refractivity contribution in [2.24, 2.45) is 5.73 Å². The average molecular weight is 211 g/mol. The maximum Gasteiger partial charge on any atom is 0.317 e. The normalized spacial score (nSPS) is 8.40. The summed E-state index contributed by atoms with van der Waals surface area (Å²) in [4.78, 5) is 19.4. The predicted octanol–water partition coefficient (Wildman–Crippen LogP) is 0.537. The van der Waals surface area contributed by atoms with E-state index < -0.39 is 5.97 Å². The Morgan fingerprint density at radius 1 is 1.47 bits per heavy atom. The Balaban J connectivity index is 0.000000336. The Labute approximate surface area is 87.5 Å². The summed E-state index contributed by atoms with van der Waals surface area (Å²) in [7, 11) is 1.59. The molecular weight excluding hydrogens is 198 g/mol. The highest BCUT2D eigenvalue weighted by molar-refractivity contribution is 5.74. The quantitative estimate of drug-likeness (QED) is 0.712. The molecule has 1 rings (SSSR count). The summed E-state index contributed by atoms with van der Waals surface area (Å²) in [5.74, 6) is -0.199. The molecule has 0 aromatic heterocycles. The number of benzene rings is 1. The highest BCUT2D eigenvalue weighted by atomic mass is 16.5. The maximum absolute atomic E-state index is 10.2. The molecule has 0 atom stereocenters. The van der Waals surface area contributed by atoms with Gasteiger partial charge in [0.1, 0.15) is 12.0 Å². The summed E-state index contributed by atoms with van der Waals surface area (Å²) in [5, 5.41) is 7.60. The molecule has 0 aliphatic carbocycles. The van der Waals surface area contributed by atoms with Crippen molar-refractivity contribution < 1.29 is 19.4 Å². The Kier molecular flexibility index (Phi) is 6.57. The van der Waals surface area contributed by atoms with Gasteiger partial charge < -0.3 is 15.6 Å². The first-order valence-electron chi connectivity index (χ1n) is 4.15. The van der Waals surface area contributed by atoms with Gasteiger partial charge in [-0.1, -0.05) is 0 Å². The third kappa shape index (κ3) is 6.23. The van der Waals surface area contributed by atoms with Crippen molar-refractivity contribution in [3.8, 4) is 5.75 Å². The van der Waals surface area contributed by atoms with E-state index in [4.69, 9.17) is 9.84 Å². The van der Waals surface area contributed by atoms with Gasteiger partial charge in [-0.3, -0.25) is 9.59 Å². The van der Waals surface area contributed by atoms with Crippen molar-refractivity contribution in [3.63, 3.8) is 0 Å². The summed E-state index contributed by atoms with van der Waals surface area (Å²) in [6.07, 6.45) is 0.805. The average Bonchev–Trinajstić information content (AvgIpc) is 2.30. The number of aldehydes is 1. The van der Waals surface area contributed by atoms with Crippen molar-refractivity contribution in [1.29, 1.82) is 0 Å². The Bertz CT molecular complexity index is 308. The molecule has 0 radical (unpaired) electrons. The van der Waals surface area contributed by atoms with E-state index in [1.165, 1.54) is 0 Å². The number of aliphatic carboxylic acids is 1. The number of carboxylic acid groups (broad SMARTS) is 1. The van der Waals surface area contributed by atoms with Crippen molar-refractivity contribution >= 4 is 12.3 Å². The van der Waals surface area contributed by atoms with E-state index in [1.54, 1.807) is 31.4 Å². The molecule has 0 bridgehead atoms. The molecule has 0 heterocycles. The molecule has 1 aromatic rings. The largest absolute Gasteiger partial charge is 0.497 e. The molecule has 15 heavy (non-hydrogen) atoms. The van der Waals surface area contributed by atoms with Crippen LogP contribution in [0, 0.1) is 0 Å². The van der Waals surface area contributed by atoms with Crippen molar-refractivity contribution in [2.45, 2.75) is 0 Å². The van der Waals surface area contributed by atoms with Gasteiger partial charge in [-0.05, 0) is 24.3 Å². The minimum atomic E-state index is -0.968. The van der Waals surface area contributed by atoms with Gasteiger partial charge in [-0.2, -0.15) is 0 Å². The maximum atomic E-state index is 10.2. The first kappa shape index (κ1) is 13.1. The van der Waals surface area contributed by atoms with Crippen LogP contribution in [0.1, 0.15) is 10.4 Å². The molecule has 0 aliphatic heterocycles. The Morgan fingerprint density at radius 2 is 1.93 bits per heavy atom.